The molecule has 0 aliphatic carbocycles. The first-order valence-corrected chi connectivity index (χ1v) is 7.63. The van der Waals surface area contributed by atoms with Gasteiger partial charge in [-0.3, -0.25) is 5.22 Å². The minimum Gasteiger partial charge on any atom is -0.493 e. The molecule has 0 spiro atoms. The van der Waals surface area contributed by atoms with Crippen LogP contribution in [0.2, 0.25) is 5.02 Å². The van der Waals surface area contributed by atoms with Gasteiger partial charge in [-0.15, -0.1) is 11.8 Å². The Morgan fingerprint density at radius 1 is 1.10 bits per heavy atom. The van der Waals surface area contributed by atoms with Gasteiger partial charge in [0.1, 0.15) is 5.94 Å². The molecule has 0 aliphatic heterocycles. The molecule has 21 heavy (non-hydrogen) atoms. The number of halogens is 1. The van der Waals surface area contributed by atoms with Crippen LogP contribution in [0.25, 0.3) is 5.53 Å². The fraction of sp³-hybridized carbons (Fsp3) is 0.133. The zero-order chi connectivity index (χ0) is 14.9. The fourth-order valence-corrected chi connectivity index (χ4v) is 2.94. The number of hydrogen-bond donors (Lipinski definition) is 0. The van der Waals surface area contributed by atoms with Gasteiger partial charge in [-0.05, 0) is 23.3 Å². The molecule has 1 atom stereocenters. The summed E-state index contributed by atoms with van der Waals surface area (Å²) in [4.78, 5) is 0. The summed E-state index contributed by atoms with van der Waals surface area (Å²) in [5.41, 5.74) is 10.5. The van der Waals surface area contributed by atoms with E-state index in [0.717, 1.165) is 12.0 Å². The smallest absolute Gasteiger partial charge is 0.133 e. The second-order valence-electron chi connectivity index (χ2n) is 4.10. The lowest BCUT2D eigenvalue weighted by molar-refractivity contribution is 0.397. The molecule has 0 saturated carbocycles. The van der Waals surface area contributed by atoms with Crippen LogP contribution >= 0.6 is 23.4 Å². The Hall–Kier alpha value is -1.85. The van der Waals surface area contributed by atoms with Crippen LogP contribution in [0.1, 0.15) is 16.4 Å². The molecule has 0 radical (unpaired) electrons. The minimum absolute atomic E-state index is 0.128. The van der Waals surface area contributed by atoms with Gasteiger partial charge < -0.3 is 15.4 Å². The topological polar surface area (TPSA) is 56.2 Å². The Balaban J connectivity index is 2.13. The first-order valence-electron chi connectivity index (χ1n) is 6.21. The lowest BCUT2D eigenvalue weighted by Crippen LogP contribution is -1.99. The highest BCUT2D eigenvalue weighted by Crippen LogP contribution is 2.35. The maximum absolute atomic E-state index is 8.18. The third-order valence-corrected chi connectivity index (χ3v) is 4.15. The molecule has 0 amide bonds. The van der Waals surface area contributed by atoms with Crippen LogP contribution in [0.15, 0.2) is 64.9 Å². The maximum atomic E-state index is 8.18. The van der Waals surface area contributed by atoms with Crippen LogP contribution in [0.3, 0.4) is 0 Å². The number of rotatable bonds is 7. The molecule has 4 nitrogen and oxygen atoms in total. The molecule has 2 rings (SSSR count). The lowest BCUT2D eigenvalue weighted by atomic mass is 10.0. The van der Waals surface area contributed by atoms with Gasteiger partial charge in [0.2, 0.25) is 0 Å². The second kappa shape index (κ2) is 8.44. The summed E-state index contributed by atoms with van der Waals surface area (Å²) in [5, 5.41) is 6.67. The molecule has 0 N–H and O–H groups in total. The van der Waals surface area contributed by atoms with Crippen molar-refractivity contribution in [2.45, 2.75) is 5.25 Å². The van der Waals surface area contributed by atoms with E-state index in [1.807, 2.05) is 42.5 Å². The third kappa shape index (κ3) is 4.88. The summed E-state index contributed by atoms with van der Waals surface area (Å²) in [6, 6.07) is 17.9. The van der Waals surface area contributed by atoms with E-state index in [4.69, 9.17) is 21.9 Å². The predicted molar refractivity (Wildman–Crippen MR) is 87.6 cm³/mol. The highest BCUT2D eigenvalue weighted by Gasteiger charge is 2.14. The third-order valence-electron chi connectivity index (χ3n) is 2.75. The Morgan fingerprint density at radius 2 is 1.76 bits per heavy atom. The van der Waals surface area contributed by atoms with E-state index in [9.17, 15) is 0 Å². The zero-order valence-corrected chi connectivity index (χ0v) is 12.7. The van der Waals surface area contributed by atoms with Crippen molar-refractivity contribution in [1.29, 1.82) is 0 Å². The molecule has 0 aliphatic rings. The summed E-state index contributed by atoms with van der Waals surface area (Å²) < 4.78 is 5.16. The molecule has 1 unspecified atom stereocenters. The summed E-state index contributed by atoms with van der Waals surface area (Å²) in [6.45, 7) is 0. The van der Waals surface area contributed by atoms with Crippen LogP contribution in [-0.4, -0.2) is 12.3 Å². The van der Waals surface area contributed by atoms with Gasteiger partial charge >= 0.3 is 0 Å². The van der Waals surface area contributed by atoms with E-state index < -0.39 is 0 Å². The summed E-state index contributed by atoms with van der Waals surface area (Å²) >= 11 is 7.55. The predicted octanol–water partition coefficient (Wildman–Crippen LogP) is 5.10. The number of hydrogen-bond acceptors (Lipinski definition) is 3. The van der Waals surface area contributed by atoms with Gasteiger partial charge in [-0.25, -0.2) is 0 Å². The SMILES string of the molecule is [N-]=N/N=C/OCSC(c1ccccc1)c1ccc(Cl)cc1. The molecule has 2 aromatic carbocycles. The molecule has 108 valence electrons. The van der Waals surface area contributed by atoms with E-state index in [1.165, 1.54) is 5.56 Å². The van der Waals surface area contributed by atoms with Gasteiger partial charge in [-0.1, -0.05) is 54.1 Å². The van der Waals surface area contributed by atoms with Crippen LogP contribution in [0.5, 0.6) is 0 Å². The molecule has 0 aromatic heterocycles. The van der Waals surface area contributed by atoms with Crippen LogP contribution in [0.4, 0.5) is 0 Å². The Kier molecular flexibility index (Phi) is 6.24. The number of ether oxygens (including phenoxy) is 1. The summed E-state index contributed by atoms with van der Waals surface area (Å²) in [7, 11) is 0. The largest absolute Gasteiger partial charge is 0.493 e. The molecule has 0 heterocycles. The summed E-state index contributed by atoms with van der Waals surface area (Å²) in [6.07, 6.45) is 1.11. The van der Waals surface area contributed by atoms with Crippen molar-refractivity contribution < 1.29 is 4.74 Å². The van der Waals surface area contributed by atoms with Crippen LogP contribution in [0, 0.1) is 0 Å². The normalized spacial score (nSPS) is 12.2. The van der Waals surface area contributed by atoms with Crippen LogP contribution < -0.4 is 0 Å². The second-order valence-corrected chi connectivity index (χ2v) is 5.58. The first-order chi connectivity index (χ1) is 10.3. The highest BCUT2D eigenvalue weighted by molar-refractivity contribution is 7.99. The molecule has 0 fully saturated rings. The molecule has 0 bridgehead atoms. The van der Waals surface area contributed by atoms with E-state index in [1.54, 1.807) is 11.8 Å². The summed E-state index contributed by atoms with van der Waals surface area (Å²) in [5.74, 6) is 0.390. The van der Waals surface area contributed by atoms with Gasteiger partial charge in [0.25, 0.3) is 0 Å². The fourth-order valence-electron chi connectivity index (χ4n) is 1.84. The monoisotopic (exact) mass is 318 g/mol. The van der Waals surface area contributed by atoms with Crippen molar-refractivity contribution >= 4 is 29.8 Å². The van der Waals surface area contributed by atoms with E-state index >= 15 is 0 Å². The van der Waals surface area contributed by atoms with E-state index in [-0.39, 0.29) is 5.25 Å². The highest BCUT2D eigenvalue weighted by atomic mass is 35.5. The standard InChI is InChI=1S/C15H13ClN3OS/c16-14-8-6-13(7-9-14)15(12-4-2-1-3-5-12)21-11-20-10-18-19-17/h1-10,15H,11H2/q-1/b18-10+. The molecule has 2 aromatic rings. The van der Waals surface area contributed by atoms with Gasteiger partial charge in [-0.2, -0.15) is 0 Å². The Morgan fingerprint density at radius 3 is 2.43 bits per heavy atom. The minimum atomic E-state index is 0.128. The lowest BCUT2D eigenvalue weighted by Gasteiger charge is -2.17. The molecule has 6 heteroatoms. The molecular weight excluding hydrogens is 306 g/mol. The quantitative estimate of drug-likeness (QED) is 0.178. The van der Waals surface area contributed by atoms with Gasteiger partial charge in [0, 0.05) is 5.02 Å². The zero-order valence-electron chi connectivity index (χ0n) is 11.1. The average Bonchev–Trinajstić information content (AvgIpc) is 2.53. The van der Waals surface area contributed by atoms with E-state index in [0.29, 0.717) is 11.0 Å². The number of benzene rings is 2. The van der Waals surface area contributed by atoms with Crippen molar-refractivity contribution in [3.8, 4) is 0 Å². The first kappa shape index (κ1) is 15.5. The number of thioether (sulfide) groups is 1. The van der Waals surface area contributed by atoms with Crippen molar-refractivity contribution in [2.75, 3.05) is 5.94 Å². The van der Waals surface area contributed by atoms with E-state index in [2.05, 4.69) is 22.5 Å². The molecule has 0 saturated heterocycles. The van der Waals surface area contributed by atoms with Gasteiger partial charge in [0.05, 0.1) is 11.7 Å². The average molecular weight is 319 g/mol. The van der Waals surface area contributed by atoms with Gasteiger partial charge in [0.15, 0.2) is 0 Å². The van der Waals surface area contributed by atoms with Crippen LogP contribution in [-0.2, 0) is 4.74 Å². The van der Waals surface area contributed by atoms with Crippen molar-refractivity contribution in [1.82, 2.24) is 0 Å². The van der Waals surface area contributed by atoms with Crippen molar-refractivity contribution in [3.63, 3.8) is 0 Å². The van der Waals surface area contributed by atoms with Crippen molar-refractivity contribution in [3.05, 3.63) is 76.3 Å². The molecular formula is C15H13ClN3OS-. The number of nitrogens with zero attached hydrogens (tertiary/aromatic N) is 3. The Labute approximate surface area is 132 Å². The Bertz CT molecular complexity index is 590. The maximum Gasteiger partial charge on any atom is 0.133 e. The van der Waals surface area contributed by atoms with Crippen molar-refractivity contribution in [2.24, 2.45) is 10.3 Å².